The molecule has 2 aromatic carbocycles. The third-order valence-corrected chi connectivity index (χ3v) is 3.82. The van der Waals surface area contributed by atoms with Crippen molar-refractivity contribution >= 4 is 17.5 Å². The van der Waals surface area contributed by atoms with Gasteiger partial charge >= 0.3 is 0 Å². The lowest BCUT2D eigenvalue weighted by Crippen LogP contribution is -2.22. The number of amides is 1. The molecule has 1 aromatic heterocycles. The highest BCUT2D eigenvalue weighted by Gasteiger charge is 2.11. The molecule has 1 amide bonds. The molecule has 0 aliphatic carbocycles. The van der Waals surface area contributed by atoms with Gasteiger partial charge in [0.05, 0.1) is 24.2 Å². The van der Waals surface area contributed by atoms with E-state index in [2.05, 4.69) is 10.5 Å². The SMILES string of the molecule is COc1ccc(-c2cc(CNC(=O)c3ccccc3Cl)on2)cc1. The standard InChI is InChI=1S/C18H15ClN2O3/c1-23-13-8-6-12(7-9-13)17-10-14(24-21-17)11-20-18(22)15-4-2-3-5-16(15)19/h2-10H,11H2,1H3,(H,20,22). The number of aromatic nitrogens is 1. The van der Waals surface area contributed by atoms with Gasteiger partial charge in [0.25, 0.3) is 5.91 Å². The Kier molecular flexibility index (Phi) is 4.82. The number of hydrogen-bond donors (Lipinski definition) is 1. The van der Waals surface area contributed by atoms with E-state index in [1.807, 2.05) is 24.3 Å². The van der Waals surface area contributed by atoms with Crippen LogP contribution in [0.2, 0.25) is 5.02 Å². The van der Waals surface area contributed by atoms with E-state index in [4.69, 9.17) is 20.9 Å². The van der Waals surface area contributed by atoms with E-state index >= 15 is 0 Å². The fraction of sp³-hybridized carbons (Fsp3) is 0.111. The molecular weight excluding hydrogens is 328 g/mol. The smallest absolute Gasteiger partial charge is 0.253 e. The lowest BCUT2D eigenvalue weighted by Gasteiger charge is -2.04. The van der Waals surface area contributed by atoms with Crippen molar-refractivity contribution in [2.24, 2.45) is 0 Å². The first-order valence-corrected chi connectivity index (χ1v) is 7.68. The Bertz CT molecular complexity index is 843. The van der Waals surface area contributed by atoms with Gasteiger partial charge in [0.2, 0.25) is 0 Å². The number of ether oxygens (including phenoxy) is 1. The average molecular weight is 343 g/mol. The fourth-order valence-corrected chi connectivity index (χ4v) is 2.42. The number of hydrogen-bond acceptors (Lipinski definition) is 4. The quantitative estimate of drug-likeness (QED) is 0.763. The van der Waals surface area contributed by atoms with Crippen molar-refractivity contribution in [3.8, 4) is 17.0 Å². The van der Waals surface area contributed by atoms with Crippen LogP contribution in [0.1, 0.15) is 16.1 Å². The lowest BCUT2D eigenvalue weighted by molar-refractivity contribution is 0.0947. The Morgan fingerprint density at radius 1 is 1.21 bits per heavy atom. The van der Waals surface area contributed by atoms with Gasteiger partial charge in [-0.2, -0.15) is 0 Å². The first-order valence-electron chi connectivity index (χ1n) is 7.30. The van der Waals surface area contributed by atoms with Crippen LogP contribution in [0.4, 0.5) is 0 Å². The minimum Gasteiger partial charge on any atom is -0.497 e. The molecule has 24 heavy (non-hydrogen) atoms. The molecular formula is C18H15ClN2O3. The average Bonchev–Trinajstić information content (AvgIpc) is 3.09. The summed E-state index contributed by atoms with van der Waals surface area (Å²) >= 11 is 6.00. The second-order valence-electron chi connectivity index (χ2n) is 5.07. The van der Waals surface area contributed by atoms with Crippen molar-refractivity contribution in [2.75, 3.05) is 7.11 Å². The number of nitrogens with one attached hydrogen (secondary N) is 1. The normalized spacial score (nSPS) is 10.4. The largest absolute Gasteiger partial charge is 0.497 e. The zero-order valence-corrected chi connectivity index (χ0v) is 13.7. The summed E-state index contributed by atoms with van der Waals surface area (Å²) in [6.07, 6.45) is 0. The van der Waals surface area contributed by atoms with Crippen molar-refractivity contribution in [3.63, 3.8) is 0 Å². The van der Waals surface area contributed by atoms with Crippen LogP contribution in [-0.4, -0.2) is 18.2 Å². The molecule has 0 radical (unpaired) electrons. The summed E-state index contributed by atoms with van der Waals surface area (Å²) < 4.78 is 10.4. The third-order valence-electron chi connectivity index (χ3n) is 3.49. The molecule has 0 atom stereocenters. The number of rotatable bonds is 5. The maximum absolute atomic E-state index is 12.1. The van der Waals surface area contributed by atoms with Crippen LogP contribution in [0.5, 0.6) is 5.75 Å². The number of nitrogens with zero attached hydrogens (tertiary/aromatic N) is 1. The summed E-state index contributed by atoms with van der Waals surface area (Å²) in [5, 5.41) is 7.19. The minimum atomic E-state index is -0.261. The number of carbonyl (C=O) groups is 1. The zero-order valence-electron chi connectivity index (χ0n) is 13.0. The van der Waals surface area contributed by atoms with Crippen molar-refractivity contribution in [2.45, 2.75) is 6.54 Å². The highest BCUT2D eigenvalue weighted by molar-refractivity contribution is 6.33. The highest BCUT2D eigenvalue weighted by atomic mass is 35.5. The van der Waals surface area contributed by atoms with Gasteiger partial charge in [0.15, 0.2) is 5.76 Å². The van der Waals surface area contributed by atoms with Crippen LogP contribution in [0.3, 0.4) is 0 Å². The third kappa shape index (κ3) is 3.58. The molecule has 0 aliphatic heterocycles. The summed E-state index contributed by atoms with van der Waals surface area (Å²) in [4.78, 5) is 12.1. The second kappa shape index (κ2) is 7.19. The van der Waals surface area contributed by atoms with Gasteiger partial charge in [-0.05, 0) is 36.4 Å². The van der Waals surface area contributed by atoms with Gasteiger partial charge in [0, 0.05) is 11.6 Å². The molecule has 0 fully saturated rings. The van der Waals surface area contributed by atoms with E-state index in [9.17, 15) is 4.79 Å². The number of halogens is 1. The van der Waals surface area contributed by atoms with E-state index in [0.717, 1.165) is 11.3 Å². The number of benzene rings is 2. The van der Waals surface area contributed by atoms with Crippen LogP contribution in [0, 0.1) is 0 Å². The number of carbonyl (C=O) groups excluding carboxylic acids is 1. The molecule has 0 saturated carbocycles. The van der Waals surface area contributed by atoms with Gasteiger partial charge in [0.1, 0.15) is 11.4 Å². The van der Waals surface area contributed by atoms with Crippen molar-refractivity contribution in [1.82, 2.24) is 10.5 Å². The predicted octanol–water partition coefficient (Wildman–Crippen LogP) is 3.93. The van der Waals surface area contributed by atoms with E-state index in [-0.39, 0.29) is 12.5 Å². The topological polar surface area (TPSA) is 64.4 Å². The monoisotopic (exact) mass is 342 g/mol. The molecule has 1 heterocycles. The molecule has 0 aliphatic rings. The van der Waals surface area contributed by atoms with Crippen molar-refractivity contribution in [1.29, 1.82) is 0 Å². The Balaban J connectivity index is 1.66. The number of methoxy groups -OCH3 is 1. The van der Waals surface area contributed by atoms with Crippen LogP contribution >= 0.6 is 11.6 Å². The van der Waals surface area contributed by atoms with Gasteiger partial charge < -0.3 is 14.6 Å². The summed E-state index contributed by atoms with van der Waals surface area (Å²) in [5.41, 5.74) is 2.02. The Hall–Kier alpha value is -2.79. The molecule has 3 rings (SSSR count). The maximum Gasteiger partial charge on any atom is 0.253 e. The summed E-state index contributed by atoms with van der Waals surface area (Å²) in [5.74, 6) is 1.07. The van der Waals surface area contributed by atoms with E-state index in [1.54, 1.807) is 37.4 Å². The van der Waals surface area contributed by atoms with Gasteiger partial charge in [-0.25, -0.2) is 0 Å². The van der Waals surface area contributed by atoms with Gasteiger partial charge in [-0.3, -0.25) is 4.79 Å². The lowest BCUT2D eigenvalue weighted by atomic mass is 10.1. The fourth-order valence-electron chi connectivity index (χ4n) is 2.20. The van der Waals surface area contributed by atoms with Crippen LogP contribution in [-0.2, 0) is 6.54 Å². The Morgan fingerprint density at radius 2 is 1.96 bits per heavy atom. The summed E-state index contributed by atoms with van der Waals surface area (Å²) in [7, 11) is 1.62. The van der Waals surface area contributed by atoms with Crippen molar-refractivity contribution < 1.29 is 14.1 Å². The molecule has 0 spiro atoms. The van der Waals surface area contributed by atoms with E-state index < -0.39 is 0 Å². The van der Waals surface area contributed by atoms with Crippen LogP contribution in [0.15, 0.2) is 59.1 Å². The van der Waals surface area contributed by atoms with E-state index in [1.165, 1.54) is 0 Å². The summed E-state index contributed by atoms with van der Waals surface area (Å²) in [6, 6.07) is 16.1. The Morgan fingerprint density at radius 3 is 2.67 bits per heavy atom. The molecule has 5 nitrogen and oxygen atoms in total. The van der Waals surface area contributed by atoms with E-state index in [0.29, 0.717) is 22.0 Å². The second-order valence-corrected chi connectivity index (χ2v) is 5.48. The van der Waals surface area contributed by atoms with Crippen LogP contribution < -0.4 is 10.1 Å². The molecule has 0 unspecified atom stereocenters. The molecule has 6 heteroatoms. The predicted molar refractivity (Wildman–Crippen MR) is 91.1 cm³/mol. The molecule has 122 valence electrons. The molecule has 0 saturated heterocycles. The van der Waals surface area contributed by atoms with Gasteiger partial charge in [-0.15, -0.1) is 0 Å². The maximum atomic E-state index is 12.1. The summed E-state index contributed by atoms with van der Waals surface area (Å²) in [6.45, 7) is 0.229. The first-order chi connectivity index (χ1) is 11.7. The molecule has 1 N–H and O–H groups in total. The van der Waals surface area contributed by atoms with Crippen molar-refractivity contribution in [3.05, 3.63) is 70.9 Å². The Labute approximate surface area is 144 Å². The highest BCUT2D eigenvalue weighted by Crippen LogP contribution is 2.22. The molecule has 0 bridgehead atoms. The minimum absolute atomic E-state index is 0.229. The van der Waals surface area contributed by atoms with Gasteiger partial charge in [-0.1, -0.05) is 28.9 Å². The van der Waals surface area contributed by atoms with Crippen LogP contribution in [0.25, 0.3) is 11.3 Å². The molecule has 3 aromatic rings. The first kappa shape index (κ1) is 16.1. The zero-order chi connectivity index (χ0) is 16.9.